The number of hydrogen-bond donors (Lipinski definition) is 1. The molecule has 1 heterocycles. The molecule has 0 saturated carbocycles. The number of rotatable bonds is 7. The first-order chi connectivity index (χ1) is 9.78. The summed E-state index contributed by atoms with van der Waals surface area (Å²) in [6, 6.07) is 11.6. The third-order valence-corrected chi connectivity index (χ3v) is 4.68. The summed E-state index contributed by atoms with van der Waals surface area (Å²) in [4.78, 5) is 2.66. The van der Waals surface area contributed by atoms with Crippen molar-refractivity contribution in [3.8, 4) is 0 Å². The monoisotopic (exact) mass is 274 g/mol. The molecule has 1 aromatic rings. The Balaban J connectivity index is 1.63. The second-order valence-corrected chi connectivity index (χ2v) is 6.31. The fourth-order valence-electron chi connectivity index (χ4n) is 3.13. The molecule has 112 valence electrons. The zero-order valence-electron chi connectivity index (χ0n) is 13.1. The van der Waals surface area contributed by atoms with Crippen LogP contribution in [0.25, 0.3) is 0 Å². The van der Waals surface area contributed by atoms with Gasteiger partial charge in [0.25, 0.3) is 0 Å². The first-order valence-corrected chi connectivity index (χ1v) is 8.21. The summed E-state index contributed by atoms with van der Waals surface area (Å²) in [7, 11) is 2.06. The van der Waals surface area contributed by atoms with Crippen LogP contribution in [0.1, 0.15) is 38.2 Å². The highest BCUT2D eigenvalue weighted by atomic mass is 15.1. The lowest BCUT2D eigenvalue weighted by Gasteiger charge is -2.32. The van der Waals surface area contributed by atoms with Gasteiger partial charge in [0.05, 0.1) is 0 Å². The third-order valence-electron chi connectivity index (χ3n) is 4.68. The molecular weight excluding hydrogens is 244 g/mol. The van der Waals surface area contributed by atoms with Crippen LogP contribution < -0.4 is 5.32 Å². The van der Waals surface area contributed by atoms with Crippen LogP contribution in [0.2, 0.25) is 0 Å². The minimum absolute atomic E-state index is 0.658. The minimum Gasteiger partial charge on any atom is -0.317 e. The van der Waals surface area contributed by atoms with E-state index in [1.807, 2.05) is 0 Å². The Morgan fingerprint density at radius 2 is 1.90 bits per heavy atom. The van der Waals surface area contributed by atoms with Crippen LogP contribution in [-0.4, -0.2) is 37.6 Å². The molecule has 0 spiro atoms. The number of piperidine rings is 1. The largest absolute Gasteiger partial charge is 0.317 e. The molecule has 2 nitrogen and oxygen atoms in total. The topological polar surface area (TPSA) is 15.3 Å². The lowest BCUT2D eigenvalue weighted by atomic mass is 9.90. The van der Waals surface area contributed by atoms with Crippen LogP contribution >= 0.6 is 0 Å². The standard InChI is InChI=1S/C18H30N2/c1-16(19-2)7-6-12-20-13-10-18(11-14-20)15-17-8-4-3-5-9-17/h3-5,8-9,16,18-19H,6-7,10-15H2,1-2H3. The molecule has 0 aromatic heterocycles. The van der Waals surface area contributed by atoms with Gasteiger partial charge < -0.3 is 10.2 Å². The van der Waals surface area contributed by atoms with E-state index in [4.69, 9.17) is 0 Å². The van der Waals surface area contributed by atoms with Gasteiger partial charge in [-0.25, -0.2) is 0 Å². The summed E-state index contributed by atoms with van der Waals surface area (Å²) >= 11 is 0. The van der Waals surface area contributed by atoms with Crippen molar-refractivity contribution in [1.82, 2.24) is 10.2 Å². The molecule has 0 radical (unpaired) electrons. The van der Waals surface area contributed by atoms with Gasteiger partial charge in [-0.3, -0.25) is 0 Å². The summed E-state index contributed by atoms with van der Waals surface area (Å²) < 4.78 is 0. The maximum Gasteiger partial charge on any atom is 0.00362 e. The highest BCUT2D eigenvalue weighted by Gasteiger charge is 2.19. The highest BCUT2D eigenvalue weighted by Crippen LogP contribution is 2.21. The first-order valence-electron chi connectivity index (χ1n) is 8.21. The number of nitrogens with zero attached hydrogens (tertiary/aromatic N) is 1. The molecule has 1 saturated heterocycles. The molecule has 2 rings (SSSR count). The zero-order valence-corrected chi connectivity index (χ0v) is 13.1. The summed E-state index contributed by atoms with van der Waals surface area (Å²) in [5, 5.41) is 3.32. The van der Waals surface area contributed by atoms with E-state index >= 15 is 0 Å². The Bertz CT molecular complexity index is 355. The summed E-state index contributed by atoms with van der Waals surface area (Å²) in [6.07, 6.45) is 6.63. The second-order valence-electron chi connectivity index (χ2n) is 6.31. The maximum atomic E-state index is 3.32. The van der Waals surface area contributed by atoms with Crippen molar-refractivity contribution in [1.29, 1.82) is 0 Å². The molecule has 20 heavy (non-hydrogen) atoms. The Morgan fingerprint density at radius 1 is 1.20 bits per heavy atom. The van der Waals surface area contributed by atoms with Crippen molar-refractivity contribution in [3.05, 3.63) is 35.9 Å². The lowest BCUT2D eigenvalue weighted by Crippen LogP contribution is -2.35. The Labute approximate surface area is 124 Å². The van der Waals surface area contributed by atoms with Crippen LogP contribution in [0.15, 0.2) is 30.3 Å². The maximum absolute atomic E-state index is 3.32. The Hall–Kier alpha value is -0.860. The van der Waals surface area contributed by atoms with Gasteiger partial charge in [0, 0.05) is 6.04 Å². The number of hydrogen-bond acceptors (Lipinski definition) is 2. The van der Waals surface area contributed by atoms with Gasteiger partial charge in [0.2, 0.25) is 0 Å². The lowest BCUT2D eigenvalue weighted by molar-refractivity contribution is 0.180. The Morgan fingerprint density at radius 3 is 2.55 bits per heavy atom. The van der Waals surface area contributed by atoms with E-state index in [-0.39, 0.29) is 0 Å². The number of likely N-dealkylation sites (tertiary alicyclic amines) is 1. The first kappa shape index (κ1) is 15.5. The second kappa shape index (κ2) is 8.43. The van der Waals surface area contributed by atoms with Crippen LogP contribution in [0.3, 0.4) is 0 Å². The van der Waals surface area contributed by atoms with Gasteiger partial charge >= 0.3 is 0 Å². The molecule has 0 aliphatic carbocycles. The number of nitrogens with one attached hydrogen (secondary N) is 1. The predicted molar refractivity (Wildman–Crippen MR) is 87.1 cm³/mol. The van der Waals surface area contributed by atoms with E-state index in [9.17, 15) is 0 Å². The SMILES string of the molecule is CNC(C)CCCN1CCC(Cc2ccccc2)CC1. The van der Waals surface area contributed by atoms with Crippen LogP contribution in [0.4, 0.5) is 0 Å². The van der Waals surface area contributed by atoms with Crippen molar-refractivity contribution in [2.75, 3.05) is 26.7 Å². The smallest absolute Gasteiger partial charge is 0.00362 e. The molecule has 0 amide bonds. The van der Waals surface area contributed by atoms with Gasteiger partial charge in [0.1, 0.15) is 0 Å². The zero-order chi connectivity index (χ0) is 14.2. The van der Waals surface area contributed by atoms with Gasteiger partial charge in [-0.05, 0) is 77.2 Å². The van der Waals surface area contributed by atoms with E-state index in [1.165, 1.54) is 57.3 Å². The quantitative estimate of drug-likeness (QED) is 0.820. The van der Waals surface area contributed by atoms with Crippen molar-refractivity contribution >= 4 is 0 Å². The van der Waals surface area contributed by atoms with E-state index in [1.54, 1.807) is 0 Å². The molecule has 2 heteroatoms. The van der Waals surface area contributed by atoms with Gasteiger partial charge in [0.15, 0.2) is 0 Å². The average molecular weight is 274 g/mol. The predicted octanol–water partition coefficient (Wildman–Crippen LogP) is 3.33. The molecule has 1 unspecified atom stereocenters. The molecule has 1 aromatic carbocycles. The average Bonchev–Trinajstić information content (AvgIpc) is 2.50. The normalized spacial score (nSPS) is 19.1. The molecule has 1 aliphatic rings. The van der Waals surface area contributed by atoms with Gasteiger partial charge in [-0.2, -0.15) is 0 Å². The van der Waals surface area contributed by atoms with Crippen LogP contribution in [0, 0.1) is 5.92 Å². The molecule has 1 atom stereocenters. The van der Waals surface area contributed by atoms with Crippen LogP contribution in [0.5, 0.6) is 0 Å². The molecule has 1 aliphatic heterocycles. The van der Waals surface area contributed by atoms with Gasteiger partial charge in [-0.15, -0.1) is 0 Å². The number of benzene rings is 1. The highest BCUT2D eigenvalue weighted by molar-refractivity contribution is 5.15. The van der Waals surface area contributed by atoms with Crippen molar-refractivity contribution in [2.24, 2.45) is 5.92 Å². The van der Waals surface area contributed by atoms with E-state index in [0.29, 0.717) is 6.04 Å². The Kier molecular flexibility index (Phi) is 6.55. The summed E-state index contributed by atoms with van der Waals surface area (Å²) in [5.41, 5.74) is 1.51. The minimum atomic E-state index is 0.658. The van der Waals surface area contributed by atoms with Crippen LogP contribution in [-0.2, 0) is 6.42 Å². The van der Waals surface area contributed by atoms with Crippen molar-refractivity contribution in [3.63, 3.8) is 0 Å². The summed E-state index contributed by atoms with van der Waals surface area (Å²) in [5.74, 6) is 0.893. The molecule has 1 fully saturated rings. The van der Waals surface area contributed by atoms with Gasteiger partial charge in [-0.1, -0.05) is 30.3 Å². The fourth-order valence-corrected chi connectivity index (χ4v) is 3.13. The van der Waals surface area contributed by atoms with Crippen molar-refractivity contribution in [2.45, 2.75) is 45.1 Å². The molecular formula is C18H30N2. The molecule has 0 bridgehead atoms. The van der Waals surface area contributed by atoms with E-state index in [0.717, 1.165) is 5.92 Å². The van der Waals surface area contributed by atoms with E-state index in [2.05, 4.69) is 54.5 Å². The third kappa shape index (κ3) is 5.26. The summed E-state index contributed by atoms with van der Waals surface area (Å²) in [6.45, 7) is 6.15. The fraction of sp³-hybridized carbons (Fsp3) is 0.667. The van der Waals surface area contributed by atoms with Crippen molar-refractivity contribution < 1.29 is 0 Å². The van der Waals surface area contributed by atoms with E-state index < -0.39 is 0 Å². The molecule has 1 N–H and O–H groups in total.